The zero-order valence-electron chi connectivity index (χ0n) is 35.7. The first kappa shape index (κ1) is 38.6. The first-order valence-corrected chi connectivity index (χ1v) is 21.5. The van der Waals surface area contributed by atoms with Crippen LogP contribution < -0.4 is 14.0 Å². The summed E-state index contributed by atoms with van der Waals surface area (Å²) in [5.41, 5.74) is 18.7. The van der Waals surface area contributed by atoms with Crippen LogP contribution in [0, 0.1) is 13.8 Å². The maximum Gasteiger partial charge on any atom is 0.215 e. The predicted molar refractivity (Wildman–Crippen MR) is 254 cm³/mol. The molecular weight excluding hydrogens is 757 g/mol. The molecule has 5 heteroatoms. The van der Waals surface area contributed by atoms with Crippen molar-refractivity contribution in [3.05, 3.63) is 217 Å². The molecule has 0 fully saturated rings. The second kappa shape index (κ2) is 16.1. The number of furan rings is 1. The number of fused-ring (bicyclic) bond motifs is 8. The lowest BCUT2D eigenvalue weighted by Crippen LogP contribution is -2.41. The molecule has 6 heterocycles. The van der Waals surface area contributed by atoms with Gasteiger partial charge in [0.25, 0.3) is 0 Å². The fraction of sp³-hybridized carbons (Fsp3) is 0.105. The van der Waals surface area contributed by atoms with Crippen LogP contribution in [0.25, 0.3) is 66.7 Å². The highest BCUT2D eigenvalue weighted by molar-refractivity contribution is 6.08. The summed E-state index contributed by atoms with van der Waals surface area (Å²) in [5.74, 6) is 0.880. The summed E-state index contributed by atoms with van der Waals surface area (Å²) in [7, 11) is 2.13. The van der Waals surface area contributed by atoms with Crippen molar-refractivity contribution in [2.45, 2.75) is 33.7 Å². The molecular formula is C57H48N4O+2. The van der Waals surface area contributed by atoms with Gasteiger partial charge in [0, 0.05) is 41.2 Å². The molecule has 0 saturated carbocycles. The largest absolute Gasteiger partial charge is 0.456 e. The van der Waals surface area contributed by atoms with Gasteiger partial charge in [-0.05, 0) is 120 Å². The third-order valence-electron chi connectivity index (χ3n) is 12.2. The molecule has 0 spiro atoms. The SMILES string of the molecule is CC.Cc1ccccc1-c1cc2c(cc1C)oc1ccc(-c3ccnc(N4c5cccc(-c6cccc[n+]6C)c5C5c6c(cccc64)-c4cccc[n+]45)c3)cc12.c1ccccc1. The van der Waals surface area contributed by atoms with E-state index in [2.05, 4.69) is 187 Å². The summed E-state index contributed by atoms with van der Waals surface area (Å²) in [4.78, 5) is 7.46. The molecule has 0 bridgehead atoms. The predicted octanol–water partition coefficient (Wildman–Crippen LogP) is 13.8. The van der Waals surface area contributed by atoms with E-state index in [0.717, 1.165) is 50.3 Å². The van der Waals surface area contributed by atoms with Gasteiger partial charge in [-0.2, -0.15) is 4.57 Å². The van der Waals surface area contributed by atoms with Crippen LogP contribution in [-0.4, -0.2) is 4.98 Å². The molecule has 1 unspecified atom stereocenters. The van der Waals surface area contributed by atoms with Gasteiger partial charge in [-0.15, -0.1) is 0 Å². The topological polar surface area (TPSA) is 37.0 Å². The molecule has 0 radical (unpaired) electrons. The molecule has 2 aliphatic rings. The fourth-order valence-corrected chi connectivity index (χ4v) is 9.40. The number of aryl methyl sites for hydroxylation is 3. The summed E-state index contributed by atoms with van der Waals surface area (Å²) >= 11 is 0. The average molecular weight is 805 g/mol. The van der Waals surface area contributed by atoms with E-state index in [4.69, 9.17) is 9.40 Å². The van der Waals surface area contributed by atoms with E-state index < -0.39 is 0 Å². The quantitative estimate of drug-likeness (QED) is 0.166. The molecule has 0 aliphatic carbocycles. The van der Waals surface area contributed by atoms with Gasteiger partial charge in [0.05, 0.1) is 33.6 Å². The number of aromatic nitrogens is 3. The van der Waals surface area contributed by atoms with E-state index in [9.17, 15) is 0 Å². The maximum absolute atomic E-state index is 6.43. The van der Waals surface area contributed by atoms with E-state index in [0.29, 0.717) is 0 Å². The number of hydrogen-bond donors (Lipinski definition) is 0. The van der Waals surface area contributed by atoms with Gasteiger partial charge in [-0.25, -0.2) is 9.55 Å². The average Bonchev–Trinajstić information content (AvgIpc) is 3.86. The number of nitrogens with zero attached hydrogens (tertiary/aromatic N) is 4. The van der Waals surface area contributed by atoms with E-state index in [1.165, 1.54) is 55.9 Å². The lowest BCUT2D eigenvalue weighted by Gasteiger charge is -2.34. The van der Waals surface area contributed by atoms with Gasteiger partial charge in [0.2, 0.25) is 17.4 Å². The second-order valence-corrected chi connectivity index (χ2v) is 15.8. The maximum atomic E-state index is 6.43. The van der Waals surface area contributed by atoms with Crippen molar-refractivity contribution in [3.63, 3.8) is 0 Å². The van der Waals surface area contributed by atoms with Gasteiger partial charge >= 0.3 is 0 Å². The van der Waals surface area contributed by atoms with Crippen molar-refractivity contribution in [2.75, 3.05) is 4.90 Å². The molecule has 300 valence electrons. The number of hydrogen-bond acceptors (Lipinski definition) is 3. The molecule has 1 atom stereocenters. The van der Waals surface area contributed by atoms with E-state index in [1.807, 2.05) is 56.4 Å². The van der Waals surface area contributed by atoms with Crippen LogP contribution in [0.1, 0.15) is 42.1 Å². The third kappa shape index (κ3) is 6.45. The molecule has 62 heavy (non-hydrogen) atoms. The Morgan fingerprint density at radius 3 is 1.82 bits per heavy atom. The highest BCUT2D eigenvalue weighted by Gasteiger charge is 2.47. The Balaban J connectivity index is 0.000000524. The van der Waals surface area contributed by atoms with Crippen molar-refractivity contribution < 1.29 is 13.6 Å². The molecule has 0 saturated heterocycles. The molecule has 0 N–H and O–H groups in total. The minimum absolute atomic E-state index is 0.0308. The van der Waals surface area contributed by atoms with Crippen LogP contribution in [0.15, 0.2) is 199 Å². The van der Waals surface area contributed by atoms with Crippen molar-refractivity contribution in [1.29, 1.82) is 0 Å². The molecule has 12 rings (SSSR count). The first-order chi connectivity index (χ1) is 30.5. The highest BCUT2D eigenvalue weighted by atomic mass is 16.3. The third-order valence-corrected chi connectivity index (χ3v) is 12.2. The summed E-state index contributed by atoms with van der Waals surface area (Å²) < 4.78 is 11.1. The van der Waals surface area contributed by atoms with Crippen molar-refractivity contribution in [3.8, 4) is 44.8 Å². The normalized spacial score (nSPS) is 13.0. The van der Waals surface area contributed by atoms with Crippen LogP contribution in [0.3, 0.4) is 0 Å². The van der Waals surface area contributed by atoms with E-state index >= 15 is 0 Å². The van der Waals surface area contributed by atoms with Crippen LogP contribution >= 0.6 is 0 Å². The van der Waals surface area contributed by atoms with Gasteiger partial charge in [-0.3, -0.25) is 4.90 Å². The Kier molecular flexibility index (Phi) is 10.0. The first-order valence-electron chi connectivity index (χ1n) is 21.5. The second-order valence-electron chi connectivity index (χ2n) is 15.8. The number of benzene rings is 6. The van der Waals surface area contributed by atoms with Crippen LogP contribution in [-0.2, 0) is 7.05 Å². The Morgan fingerprint density at radius 2 is 1.11 bits per heavy atom. The van der Waals surface area contributed by atoms with Gasteiger partial charge < -0.3 is 4.42 Å². The fourth-order valence-electron chi connectivity index (χ4n) is 9.40. The molecule has 5 nitrogen and oxygen atoms in total. The Hall–Kier alpha value is -7.63. The van der Waals surface area contributed by atoms with Crippen LogP contribution in [0.5, 0.6) is 0 Å². The Bertz CT molecular complexity index is 3250. The minimum Gasteiger partial charge on any atom is -0.456 e. The lowest BCUT2D eigenvalue weighted by atomic mass is 9.85. The van der Waals surface area contributed by atoms with Crippen molar-refractivity contribution >= 4 is 39.1 Å². The molecule has 2 aliphatic heterocycles. The lowest BCUT2D eigenvalue weighted by molar-refractivity contribution is -0.688. The zero-order valence-corrected chi connectivity index (χ0v) is 35.7. The standard InChI is InChI=1S/C49H36N4O.C6H6.C2H6/c1-30-12-4-5-13-34(30)37-29-39-38-27-32(20-21-44(38)54-45(39)26-31(37)2)33-22-23-50-46(28-33)53-42-18-10-14-35(40-16-6-8-24-51(40)3)47(42)49-48-36(15-11-19-43(48)53)41-17-7-9-25-52(41)49;1-2-4-6-5-3-1;1-2/h4-29,49H,1-3H3;1-6H;1-2H3/q+2;;. The molecule has 10 aromatic rings. The molecule has 6 aromatic carbocycles. The van der Waals surface area contributed by atoms with Crippen LogP contribution in [0.4, 0.5) is 17.2 Å². The van der Waals surface area contributed by atoms with E-state index in [-0.39, 0.29) is 6.04 Å². The van der Waals surface area contributed by atoms with Crippen molar-refractivity contribution in [1.82, 2.24) is 4.98 Å². The van der Waals surface area contributed by atoms with Gasteiger partial charge in [0.15, 0.2) is 12.4 Å². The number of rotatable bonds is 4. The van der Waals surface area contributed by atoms with Crippen LogP contribution in [0.2, 0.25) is 0 Å². The van der Waals surface area contributed by atoms with E-state index in [1.54, 1.807) is 0 Å². The minimum atomic E-state index is 0.0308. The summed E-state index contributed by atoms with van der Waals surface area (Å²) in [5, 5.41) is 2.23. The summed E-state index contributed by atoms with van der Waals surface area (Å²) in [6, 6.07) is 62.4. The zero-order chi connectivity index (χ0) is 42.3. The highest BCUT2D eigenvalue weighted by Crippen LogP contribution is 2.55. The smallest absolute Gasteiger partial charge is 0.215 e. The van der Waals surface area contributed by atoms with Gasteiger partial charge in [-0.1, -0.05) is 92.7 Å². The molecule has 4 aromatic heterocycles. The Morgan fingerprint density at radius 1 is 0.500 bits per heavy atom. The number of anilines is 3. The summed E-state index contributed by atoms with van der Waals surface area (Å²) in [6.07, 6.45) is 6.30. The summed E-state index contributed by atoms with van der Waals surface area (Å²) in [6.45, 7) is 8.35. The number of pyridine rings is 3. The van der Waals surface area contributed by atoms with Crippen molar-refractivity contribution in [2.24, 2.45) is 7.05 Å². The Labute approximate surface area is 363 Å². The van der Waals surface area contributed by atoms with Gasteiger partial charge in [0.1, 0.15) is 24.0 Å². The monoisotopic (exact) mass is 804 g/mol. The molecule has 0 amide bonds.